The summed E-state index contributed by atoms with van der Waals surface area (Å²) in [5, 5.41) is 5.53. The van der Waals surface area contributed by atoms with Crippen molar-refractivity contribution >= 4 is 35.0 Å². The molecular formula is C15H17ClN6O3. The van der Waals surface area contributed by atoms with Crippen LogP contribution in [-0.4, -0.2) is 35.1 Å². The van der Waals surface area contributed by atoms with Crippen LogP contribution in [0.5, 0.6) is 5.75 Å². The number of nitrogens with one attached hydrogen (secondary N) is 2. The molecule has 25 heavy (non-hydrogen) atoms. The Balaban J connectivity index is 2.03. The number of aromatic nitrogens is 2. The first kappa shape index (κ1) is 18.4. The van der Waals surface area contributed by atoms with Gasteiger partial charge in [0, 0.05) is 5.02 Å². The zero-order valence-electron chi connectivity index (χ0n) is 13.2. The van der Waals surface area contributed by atoms with E-state index < -0.39 is 11.9 Å². The molecule has 132 valence electrons. The Morgan fingerprint density at radius 1 is 1.20 bits per heavy atom. The third kappa shape index (κ3) is 5.59. The van der Waals surface area contributed by atoms with Gasteiger partial charge in [-0.1, -0.05) is 11.6 Å². The van der Waals surface area contributed by atoms with Gasteiger partial charge in [-0.2, -0.15) is 0 Å². The van der Waals surface area contributed by atoms with Crippen molar-refractivity contribution in [2.75, 3.05) is 23.8 Å². The standard InChI is InChI=1S/C15H17ClN6O3/c16-9-2-3-12(25-5-1-4-17)10(6-9)21-15(24)22-13-8-19-11(7-20-13)14(18)23/h2-3,6-8H,1,4-5,17H2,(H2,18,23)(H2,20,21,22,24). The third-order valence-electron chi connectivity index (χ3n) is 2.94. The van der Waals surface area contributed by atoms with E-state index in [1.54, 1.807) is 18.2 Å². The maximum Gasteiger partial charge on any atom is 0.325 e. The smallest absolute Gasteiger partial charge is 0.325 e. The molecule has 0 unspecified atom stereocenters. The Morgan fingerprint density at radius 3 is 2.64 bits per heavy atom. The summed E-state index contributed by atoms with van der Waals surface area (Å²) in [5.41, 5.74) is 10.9. The van der Waals surface area contributed by atoms with E-state index in [4.69, 9.17) is 27.8 Å². The second-order valence-electron chi connectivity index (χ2n) is 4.86. The summed E-state index contributed by atoms with van der Waals surface area (Å²) in [6.07, 6.45) is 3.06. The minimum absolute atomic E-state index is 0.00334. The van der Waals surface area contributed by atoms with E-state index in [1.165, 1.54) is 12.4 Å². The predicted octanol–water partition coefficient (Wildman–Crippen LogP) is 1.60. The molecule has 1 aromatic carbocycles. The Bertz CT molecular complexity index is 753. The summed E-state index contributed by atoms with van der Waals surface area (Å²) in [6.45, 7) is 0.908. The lowest BCUT2D eigenvalue weighted by Crippen LogP contribution is -2.21. The monoisotopic (exact) mass is 364 g/mol. The van der Waals surface area contributed by atoms with Gasteiger partial charge in [0.05, 0.1) is 24.7 Å². The number of urea groups is 1. The van der Waals surface area contributed by atoms with Crippen LogP contribution in [0.2, 0.25) is 5.02 Å². The van der Waals surface area contributed by atoms with E-state index in [2.05, 4.69) is 20.6 Å². The summed E-state index contributed by atoms with van der Waals surface area (Å²) in [7, 11) is 0. The molecule has 10 heteroatoms. The Hall–Kier alpha value is -2.91. The van der Waals surface area contributed by atoms with Crippen LogP contribution in [0.25, 0.3) is 0 Å². The number of hydrogen-bond acceptors (Lipinski definition) is 6. The number of primary amides is 1. The second-order valence-corrected chi connectivity index (χ2v) is 5.30. The van der Waals surface area contributed by atoms with Gasteiger partial charge < -0.3 is 21.5 Å². The van der Waals surface area contributed by atoms with Crippen LogP contribution in [0.1, 0.15) is 16.9 Å². The molecule has 1 aromatic heterocycles. The number of carbonyl (C=O) groups excluding carboxylic acids is 2. The van der Waals surface area contributed by atoms with Crippen molar-refractivity contribution in [2.45, 2.75) is 6.42 Å². The molecule has 0 aliphatic carbocycles. The minimum Gasteiger partial charge on any atom is -0.491 e. The van der Waals surface area contributed by atoms with Gasteiger partial charge in [0.1, 0.15) is 11.4 Å². The largest absolute Gasteiger partial charge is 0.491 e. The fraction of sp³-hybridized carbons (Fsp3) is 0.200. The molecule has 0 bridgehead atoms. The number of rotatable bonds is 7. The summed E-state index contributed by atoms with van der Waals surface area (Å²) in [4.78, 5) is 30.7. The van der Waals surface area contributed by atoms with E-state index in [1.807, 2.05) is 0 Å². The van der Waals surface area contributed by atoms with Gasteiger partial charge in [0.2, 0.25) is 0 Å². The molecule has 0 radical (unpaired) electrons. The molecule has 0 aliphatic rings. The number of amides is 3. The summed E-state index contributed by atoms with van der Waals surface area (Å²) >= 11 is 5.96. The van der Waals surface area contributed by atoms with E-state index in [9.17, 15) is 9.59 Å². The lowest BCUT2D eigenvalue weighted by Gasteiger charge is -2.13. The van der Waals surface area contributed by atoms with Crippen LogP contribution >= 0.6 is 11.6 Å². The first-order valence-electron chi connectivity index (χ1n) is 7.32. The fourth-order valence-electron chi connectivity index (χ4n) is 1.78. The van der Waals surface area contributed by atoms with Gasteiger partial charge >= 0.3 is 6.03 Å². The zero-order valence-corrected chi connectivity index (χ0v) is 13.9. The highest BCUT2D eigenvalue weighted by molar-refractivity contribution is 6.31. The molecular weight excluding hydrogens is 348 g/mol. The zero-order chi connectivity index (χ0) is 18.2. The van der Waals surface area contributed by atoms with Gasteiger partial charge in [-0.25, -0.2) is 14.8 Å². The lowest BCUT2D eigenvalue weighted by molar-refractivity contribution is 0.0995. The van der Waals surface area contributed by atoms with Crippen molar-refractivity contribution in [3.63, 3.8) is 0 Å². The summed E-state index contributed by atoms with van der Waals surface area (Å²) in [5.74, 6) is -0.0972. The van der Waals surface area contributed by atoms with E-state index in [0.717, 1.165) is 0 Å². The van der Waals surface area contributed by atoms with Gasteiger partial charge in [0.25, 0.3) is 5.91 Å². The average molecular weight is 365 g/mol. The highest BCUT2D eigenvalue weighted by Crippen LogP contribution is 2.28. The third-order valence-corrected chi connectivity index (χ3v) is 3.18. The molecule has 9 nitrogen and oxygen atoms in total. The molecule has 0 saturated carbocycles. The van der Waals surface area contributed by atoms with Crippen molar-refractivity contribution < 1.29 is 14.3 Å². The SMILES string of the molecule is NCCCOc1ccc(Cl)cc1NC(=O)Nc1cnc(C(N)=O)cn1. The molecule has 2 rings (SSSR count). The summed E-state index contributed by atoms with van der Waals surface area (Å²) in [6, 6.07) is 4.28. The number of hydrogen-bond donors (Lipinski definition) is 4. The number of carbonyl (C=O) groups is 2. The first-order valence-corrected chi connectivity index (χ1v) is 7.69. The highest BCUT2D eigenvalue weighted by atomic mass is 35.5. The first-order chi connectivity index (χ1) is 12.0. The number of nitrogens with two attached hydrogens (primary N) is 2. The number of nitrogens with zero attached hydrogens (tertiary/aromatic N) is 2. The molecule has 0 saturated heterocycles. The number of benzene rings is 1. The van der Waals surface area contributed by atoms with Crippen molar-refractivity contribution in [1.29, 1.82) is 0 Å². The van der Waals surface area contributed by atoms with Crippen molar-refractivity contribution in [3.05, 3.63) is 41.3 Å². The van der Waals surface area contributed by atoms with Crippen molar-refractivity contribution in [2.24, 2.45) is 11.5 Å². The van der Waals surface area contributed by atoms with Crippen molar-refractivity contribution in [3.8, 4) is 5.75 Å². The molecule has 0 fully saturated rings. The molecule has 0 atom stereocenters. The Labute approximate surface area is 148 Å². The van der Waals surface area contributed by atoms with Crippen LogP contribution in [0, 0.1) is 0 Å². The number of anilines is 2. The van der Waals surface area contributed by atoms with Crippen LogP contribution in [0.3, 0.4) is 0 Å². The van der Waals surface area contributed by atoms with E-state index in [-0.39, 0.29) is 11.5 Å². The maximum absolute atomic E-state index is 12.1. The fourth-order valence-corrected chi connectivity index (χ4v) is 1.95. The number of ether oxygens (including phenoxy) is 1. The molecule has 6 N–H and O–H groups in total. The molecule has 0 spiro atoms. The van der Waals surface area contributed by atoms with Crippen LogP contribution < -0.4 is 26.8 Å². The van der Waals surface area contributed by atoms with Gasteiger partial charge in [-0.05, 0) is 31.2 Å². The normalized spacial score (nSPS) is 10.2. The second kappa shape index (κ2) is 8.81. The van der Waals surface area contributed by atoms with E-state index in [0.29, 0.717) is 36.0 Å². The van der Waals surface area contributed by atoms with Gasteiger partial charge in [-0.15, -0.1) is 0 Å². The minimum atomic E-state index is -0.707. The predicted molar refractivity (Wildman–Crippen MR) is 93.8 cm³/mol. The van der Waals surface area contributed by atoms with Crippen LogP contribution in [0.15, 0.2) is 30.6 Å². The van der Waals surface area contributed by atoms with Gasteiger partial charge in [-0.3, -0.25) is 10.1 Å². The van der Waals surface area contributed by atoms with Crippen LogP contribution in [-0.2, 0) is 0 Å². The van der Waals surface area contributed by atoms with E-state index >= 15 is 0 Å². The number of halogens is 1. The maximum atomic E-state index is 12.1. The topological polar surface area (TPSA) is 145 Å². The molecule has 0 aliphatic heterocycles. The molecule has 3 amide bonds. The summed E-state index contributed by atoms with van der Waals surface area (Å²) < 4.78 is 5.57. The molecule has 2 aromatic rings. The van der Waals surface area contributed by atoms with Crippen molar-refractivity contribution in [1.82, 2.24) is 9.97 Å². The Kier molecular flexibility index (Phi) is 6.49. The Morgan fingerprint density at radius 2 is 2.00 bits per heavy atom. The lowest BCUT2D eigenvalue weighted by atomic mass is 10.3. The highest BCUT2D eigenvalue weighted by Gasteiger charge is 2.10. The quantitative estimate of drug-likeness (QED) is 0.549. The molecule has 1 heterocycles. The van der Waals surface area contributed by atoms with Gasteiger partial charge in [0.15, 0.2) is 5.82 Å². The average Bonchev–Trinajstić information content (AvgIpc) is 2.57. The van der Waals surface area contributed by atoms with Crippen LogP contribution in [0.4, 0.5) is 16.3 Å².